The molecule has 0 N–H and O–H groups in total. The summed E-state index contributed by atoms with van der Waals surface area (Å²) in [6.45, 7) is 0.863. The Morgan fingerprint density at radius 2 is 2.31 bits per heavy atom. The fourth-order valence-corrected chi connectivity index (χ4v) is 1.97. The van der Waals surface area contributed by atoms with E-state index in [1.54, 1.807) is 11.3 Å². The van der Waals surface area contributed by atoms with Gasteiger partial charge in [0.2, 0.25) is 0 Å². The van der Waals surface area contributed by atoms with Gasteiger partial charge in [-0.25, -0.2) is 4.79 Å². The molecule has 0 radical (unpaired) electrons. The highest BCUT2D eigenvalue weighted by Crippen LogP contribution is 2.16. The third-order valence-corrected chi connectivity index (χ3v) is 2.47. The Hall–Kier alpha value is -0.870. The van der Waals surface area contributed by atoms with Crippen LogP contribution in [0.2, 0.25) is 0 Å². The van der Waals surface area contributed by atoms with Crippen molar-refractivity contribution < 1.29 is 9.53 Å². The lowest BCUT2D eigenvalue weighted by Gasteiger charge is -2.05. The molecule has 0 saturated carbocycles. The zero-order valence-electron chi connectivity index (χ0n) is 8.03. The highest BCUT2D eigenvalue weighted by molar-refractivity contribution is 7.10. The van der Waals surface area contributed by atoms with E-state index in [1.807, 2.05) is 25.5 Å². The van der Waals surface area contributed by atoms with Crippen molar-refractivity contribution in [2.75, 3.05) is 21.2 Å². The Kier molecular flexibility index (Phi) is 3.45. The van der Waals surface area contributed by atoms with Gasteiger partial charge in [-0.2, -0.15) is 0 Å². The van der Waals surface area contributed by atoms with Crippen LogP contribution in [0.5, 0.6) is 0 Å². The van der Waals surface area contributed by atoms with Crippen LogP contribution in [0.3, 0.4) is 0 Å². The molecular formula is C9H13NO2S. The molecule has 1 aromatic heterocycles. The van der Waals surface area contributed by atoms with Crippen molar-refractivity contribution in [3.8, 4) is 0 Å². The molecule has 3 nitrogen and oxygen atoms in total. The van der Waals surface area contributed by atoms with Crippen LogP contribution in [-0.4, -0.2) is 32.1 Å². The highest BCUT2D eigenvalue weighted by atomic mass is 32.1. The van der Waals surface area contributed by atoms with E-state index in [-0.39, 0.29) is 5.97 Å². The Morgan fingerprint density at radius 1 is 1.62 bits per heavy atom. The summed E-state index contributed by atoms with van der Waals surface area (Å²) in [5, 5.41) is 1.82. The van der Waals surface area contributed by atoms with E-state index in [2.05, 4.69) is 9.64 Å². The van der Waals surface area contributed by atoms with Crippen molar-refractivity contribution in [2.24, 2.45) is 0 Å². The van der Waals surface area contributed by atoms with Crippen molar-refractivity contribution in [1.29, 1.82) is 0 Å². The summed E-state index contributed by atoms with van der Waals surface area (Å²) in [6.07, 6.45) is 0. The summed E-state index contributed by atoms with van der Waals surface area (Å²) < 4.78 is 4.61. The Balaban J connectivity index is 2.69. The molecule has 1 rings (SSSR count). The molecule has 0 fully saturated rings. The topological polar surface area (TPSA) is 29.5 Å². The number of hydrogen-bond donors (Lipinski definition) is 0. The van der Waals surface area contributed by atoms with Crippen molar-refractivity contribution in [3.63, 3.8) is 0 Å². The van der Waals surface area contributed by atoms with Gasteiger partial charge >= 0.3 is 5.97 Å². The number of carbonyl (C=O) groups is 1. The van der Waals surface area contributed by atoms with Gasteiger partial charge in [-0.1, -0.05) is 0 Å². The smallest absolute Gasteiger partial charge is 0.338 e. The van der Waals surface area contributed by atoms with Crippen LogP contribution in [0.15, 0.2) is 11.4 Å². The summed E-state index contributed by atoms with van der Waals surface area (Å²) in [6, 6.07) is 1.87. The molecular weight excluding hydrogens is 186 g/mol. The summed E-state index contributed by atoms with van der Waals surface area (Å²) in [5.74, 6) is -0.263. The second kappa shape index (κ2) is 4.39. The van der Waals surface area contributed by atoms with Gasteiger partial charge in [0.1, 0.15) is 0 Å². The summed E-state index contributed by atoms with van der Waals surface area (Å²) in [5.41, 5.74) is 0.643. The average Bonchev–Trinajstić information content (AvgIpc) is 2.50. The first-order chi connectivity index (χ1) is 6.13. The van der Waals surface area contributed by atoms with E-state index in [0.717, 1.165) is 6.54 Å². The zero-order chi connectivity index (χ0) is 9.84. The van der Waals surface area contributed by atoms with E-state index in [1.165, 1.54) is 12.0 Å². The van der Waals surface area contributed by atoms with Crippen LogP contribution in [0.25, 0.3) is 0 Å². The first kappa shape index (κ1) is 10.2. The second-order valence-electron chi connectivity index (χ2n) is 3.03. The maximum absolute atomic E-state index is 11.1. The van der Waals surface area contributed by atoms with Crippen molar-refractivity contribution in [2.45, 2.75) is 6.54 Å². The molecule has 0 aromatic carbocycles. The molecule has 0 bridgehead atoms. The van der Waals surface area contributed by atoms with Crippen LogP contribution in [0.1, 0.15) is 15.2 Å². The molecule has 1 heterocycles. The van der Waals surface area contributed by atoms with Gasteiger partial charge in [0, 0.05) is 16.8 Å². The van der Waals surface area contributed by atoms with Gasteiger partial charge in [0.25, 0.3) is 0 Å². The quantitative estimate of drug-likeness (QED) is 0.692. The number of methoxy groups -OCH3 is 1. The molecule has 0 amide bonds. The molecule has 0 saturated heterocycles. The number of ether oxygens (including phenoxy) is 1. The summed E-state index contributed by atoms with van der Waals surface area (Å²) in [4.78, 5) is 14.3. The molecule has 0 unspecified atom stereocenters. The van der Waals surface area contributed by atoms with Gasteiger partial charge in [0.05, 0.1) is 12.7 Å². The highest BCUT2D eigenvalue weighted by Gasteiger charge is 2.08. The molecule has 13 heavy (non-hydrogen) atoms. The van der Waals surface area contributed by atoms with Crippen molar-refractivity contribution in [1.82, 2.24) is 4.90 Å². The van der Waals surface area contributed by atoms with E-state index >= 15 is 0 Å². The fourth-order valence-electron chi connectivity index (χ4n) is 1.00. The fraction of sp³-hybridized carbons (Fsp3) is 0.444. The minimum Gasteiger partial charge on any atom is -0.465 e. The molecule has 0 aliphatic heterocycles. The zero-order valence-corrected chi connectivity index (χ0v) is 8.85. The first-order valence-electron chi connectivity index (χ1n) is 3.94. The Labute approximate surface area is 81.9 Å². The van der Waals surface area contributed by atoms with E-state index in [4.69, 9.17) is 0 Å². The molecule has 0 aliphatic carbocycles. The normalized spacial score (nSPS) is 10.5. The van der Waals surface area contributed by atoms with Gasteiger partial charge < -0.3 is 9.64 Å². The SMILES string of the molecule is COC(=O)c1csc(CN(C)C)c1. The summed E-state index contributed by atoms with van der Waals surface area (Å²) in [7, 11) is 5.39. The van der Waals surface area contributed by atoms with Crippen LogP contribution in [0.4, 0.5) is 0 Å². The van der Waals surface area contributed by atoms with Crippen LogP contribution >= 0.6 is 11.3 Å². The number of nitrogens with zero attached hydrogens (tertiary/aromatic N) is 1. The van der Waals surface area contributed by atoms with E-state index in [0.29, 0.717) is 5.56 Å². The van der Waals surface area contributed by atoms with Crippen LogP contribution in [0, 0.1) is 0 Å². The number of thiophene rings is 1. The predicted octanol–water partition coefficient (Wildman–Crippen LogP) is 1.60. The summed E-state index contributed by atoms with van der Waals surface area (Å²) >= 11 is 1.58. The van der Waals surface area contributed by atoms with E-state index in [9.17, 15) is 4.79 Å². The van der Waals surface area contributed by atoms with E-state index < -0.39 is 0 Å². The maximum Gasteiger partial charge on any atom is 0.338 e. The average molecular weight is 199 g/mol. The molecule has 0 atom stereocenters. The van der Waals surface area contributed by atoms with Crippen molar-refractivity contribution >= 4 is 17.3 Å². The number of esters is 1. The maximum atomic E-state index is 11.1. The third-order valence-electron chi connectivity index (χ3n) is 1.55. The van der Waals surface area contributed by atoms with Gasteiger partial charge in [-0.15, -0.1) is 11.3 Å². The lowest BCUT2D eigenvalue weighted by Crippen LogP contribution is -2.09. The third kappa shape index (κ3) is 2.82. The first-order valence-corrected chi connectivity index (χ1v) is 4.82. The van der Waals surface area contributed by atoms with Gasteiger partial charge in [-0.05, 0) is 20.2 Å². The molecule has 0 aliphatic rings. The Bertz CT molecular complexity index is 294. The van der Waals surface area contributed by atoms with Gasteiger partial charge in [0.15, 0.2) is 0 Å². The van der Waals surface area contributed by atoms with Crippen LogP contribution in [-0.2, 0) is 11.3 Å². The van der Waals surface area contributed by atoms with Crippen molar-refractivity contribution in [3.05, 3.63) is 21.9 Å². The monoisotopic (exact) mass is 199 g/mol. The molecule has 0 spiro atoms. The minimum absolute atomic E-state index is 0.263. The Morgan fingerprint density at radius 3 is 2.85 bits per heavy atom. The minimum atomic E-state index is -0.263. The molecule has 72 valence electrons. The molecule has 4 heteroatoms. The standard InChI is InChI=1S/C9H13NO2S/c1-10(2)5-8-4-7(6-13-8)9(11)12-3/h4,6H,5H2,1-3H3. The van der Waals surface area contributed by atoms with Crippen LogP contribution < -0.4 is 0 Å². The predicted molar refractivity (Wildman–Crippen MR) is 53.0 cm³/mol. The van der Waals surface area contributed by atoms with Gasteiger partial charge in [-0.3, -0.25) is 0 Å². The number of hydrogen-bond acceptors (Lipinski definition) is 4. The molecule has 1 aromatic rings. The number of rotatable bonds is 3. The second-order valence-corrected chi connectivity index (χ2v) is 4.03. The largest absolute Gasteiger partial charge is 0.465 e. The lowest BCUT2D eigenvalue weighted by molar-refractivity contribution is 0.0601. The number of carbonyl (C=O) groups excluding carboxylic acids is 1. The lowest BCUT2D eigenvalue weighted by atomic mass is 10.3.